The van der Waals surface area contributed by atoms with Crippen LogP contribution in [0.25, 0.3) is 0 Å². The normalized spacial score (nSPS) is 14.2. The molecule has 0 radical (unpaired) electrons. The van der Waals surface area contributed by atoms with Gasteiger partial charge in [0.1, 0.15) is 5.82 Å². The maximum Gasteiger partial charge on any atom is 0.459 e. The number of rotatable bonds is 3. The Morgan fingerprint density at radius 2 is 1.62 bits per heavy atom. The first-order chi connectivity index (χ1) is 7.08. The van der Waals surface area contributed by atoms with Crippen LogP contribution >= 0.6 is 0 Å². The standard InChI is InChI=1S/C7H5F7N2/c8-5(9,3-4-15-1-2-16-4)6(10,11)7(12,13)14/h1-2H,3H2,(H,15,16). The largest absolute Gasteiger partial charge is 0.459 e. The molecule has 0 aliphatic carbocycles. The first kappa shape index (κ1) is 12.8. The molecular weight excluding hydrogens is 245 g/mol. The number of alkyl halides is 7. The van der Waals surface area contributed by atoms with Crippen molar-refractivity contribution in [2.45, 2.75) is 24.4 Å². The highest BCUT2D eigenvalue weighted by Crippen LogP contribution is 2.47. The molecule has 9 heteroatoms. The third kappa shape index (κ3) is 2.12. The highest BCUT2D eigenvalue weighted by Gasteiger charge is 2.72. The lowest BCUT2D eigenvalue weighted by Crippen LogP contribution is -2.53. The van der Waals surface area contributed by atoms with E-state index in [1.807, 2.05) is 4.98 Å². The van der Waals surface area contributed by atoms with Crippen molar-refractivity contribution >= 4 is 0 Å². The number of halogens is 7. The summed E-state index contributed by atoms with van der Waals surface area (Å²) >= 11 is 0. The lowest BCUT2D eigenvalue weighted by molar-refractivity contribution is -0.354. The minimum Gasteiger partial charge on any atom is -0.348 e. The zero-order chi connectivity index (χ0) is 12.6. The summed E-state index contributed by atoms with van der Waals surface area (Å²) < 4.78 is 85.3. The maximum absolute atomic E-state index is 12.7. The molecule has 0 atom stereocenters. The van der Waals surface area contributed by atoms with Gasteiger partial charge in [0, 0.05) is 12.4 Å². The SMILES string of the molecule is FC(F)(F)C(F)(F)C(F)(F)Cc1ncc[nH]1. The molecule has 0 unspecified atom stereocenters. The Balaban J connectivity index is 2.93. The molecule has 0 saturated carbocycles. The third-order valence-corrected chi connectivity index (χ3v) is 1.76. The van der Waals surface area contributed by atoms with Crippen molar-refractivity contribution in [3.63, 3.8) is 0 Å². The lowest BCUT2D eigenvalue weighted by Gasteiger charge is -2.27. The second-order valence-electron chi connectivity index (χ2n) is 2.99. The quantitative estimate of drug-likeness (QED) is 0.821. The number of hydrogen-bond donors (Lipinski definition) is 1. The molecule has 1 heterocycles. The van der Waals surface area contributed by atoms with Crippen molar-refractivity contribution in [3.8, 4) is 0 Å². The van der Waals surface area contributed by atoms with Gasteiger partial charge in [-0.3, -0.25) is 0 Å². The molecule has 0 amide bonds. The summed E-state index contributed by atoms with van der Waals surface area (Å²) in [5.41, 5.74) is 0. The van der Waals surface area contributed by atoms with Gasteiger partial charge in [0.25, 0.3) is 0 Å². The van der Waals surface area contributed by atoms with Crippen LogP contribution in [0, 0.1) is 0 Å². The number of nitrogens with one attached hydrogen (secondary N) is 1. The second kappa shape index (κ2) is 3.63. The van der Waals surface area contributed by atoms with E-state index in [4.69, 9.17) is 0 Å². The van der Waals surface area contributed by atoms with Gasteiger partial charge in [0.05, 0.1) is 6.42 Å². The minimum absolute atomic E-state index is 0.645. The van der Waals surface area contributed by atoms with Crippen LogP contribution in [0.15, 0.2) is 12.4 Å². The third-order valence-electron chi connectivity index (χ3n) is 1.76. The maximum atomic E-state index is 12.7. The van der Waals surface area contributed by atoms with Crippen LogP contribution in [0.3, 0.4) is 0 Å². The van der Waals surface area contributed by atoms with Gasteiger partial charge in [-0.05, 0) is 0 Å². The van der Waals surface area contributed by atoms with Gasteiger partial charge in [-0.1, -0.05) is 0 Å². The molecule has 0 bridgehead atoms. The fourth-order valence-electron chi connectivity index (χ4n) is 0.923. The molecule has 1 N–H and O–H groups in total. The zero-order valence-corrected chi connectivity index (χ0v) is 7.45. The molecule has 0 fully saturated rings. The Labute approximate surface area is 84.5 Å². The first-order valence-electron chi connectivity index (χ1n) is 3.88. The van der Waals surface area contributed by atoms with Gasteiger partial charge in [-0.15, -0.1) is 0 Å². The Bertz CT molecular complexity index is 340. The van der Waals surface area contributed by atoms with Gasteiger partial charge in [0.2, 0.25) is 0 Å². The van der Waals surface area contributed by atoms with Crippen molar-refractivity contribution < 1.29 is 30.7 Å². The Kier molecular flexibility index (Phi) is 2.90. The number of imidazole rings is 1. The van der Waals surface area contributed by atoms with E-state index in [0.29, 0.717) is 0 Å². The Morgan fingerprint density at radius 3 is 2.00 bits per heavy atom. The lowest BCUT2D eigenvalue weighted by atomic mass is 10.1. The van der Waals surface area contributed by atoms with E-state index >= 15 is 0 Å². The monoisotopic (exact) mass is 250 g/mol. The Morgan fingerprint density at radius 1 is 1.06 bits per heavy atom. The summed E-state index contributed by atoms with van der Waals surface area (Å²) in [6.45, 7) is 0. The van der Waals surface area contributed by atoms with Crippen LogP contribution in [0.2, 0.25) is 0 Å². The van der Waals surface area contributed by atoms with Crippen LogP contribution < -0.4 is 0 Å². The summed E-state index contributed by atoms with van der Waals surface area (Å²) in [6.07, 6.45) is -6.11. The van der Waals surface area contributed by atoms with Crippen LogP contribution in [-0.4, -0.2) is 28.0 Å². The van der Waals surface area contributed by atoms with E-state index in [1.54, 1.807) is 0 Å². The summed E-state index contributed by atoms with van der Waals surface area (Å²) in [4.78, 5) is 5.19. The van der Waals surface area contributed by atoms with Crippen molar-refractivity contribution in [2.24, 2.45) is 0 Å². The van der Waals surface area contributed by atoms with Crippen LogP contribution in [-0.2, 0) is 6.42 Å². The summed E-state index contributed by atoms with van der Waals surface area (Å²) in [5.74, 6) is -12.0. The molecule has 92 valence electrons. The predicted octanol–water partition coefficient (Wildman–Crippen LogP) is 2.79. The predicted molar refractivity (Wildman–Crippen MR) is 38.2 cm³/mol. The molecule has 0 saturated heterocycles. The molecule has 1 aromatic rings. The minimum atomic E-state index is -6.30. The molecule has 2 nitrogen and oxygen atoms in total. The smallest absolute Gasteiger partial charge is 0.348 e. The van der Waals surface area contributed by atoms with E-state index in [-0.39, 0.29) is 0 Å². The number of aromatic nitrogens is 2. The number of H-pyrrole nitrogens is 1. The number of aromatic amines is 1. The van der Waals surface area contributed by atoms with E-state index < -0.39 is 30.3 Å². The van der Waals surface area contributed by atoms with Crippen LogP contribution in [0.5, 0.6) is 0 Å². The number of hydrogen-bond acceptors (Lipinski definition) is 1. The summed E-state index contributed by atoms with van der Waals surface area (Å²) in [5, 5.41) is 0. The Hall–Kier alpha value is -1.28. The van der Waals surface area contributed by atoms with Gasteiger partial charge in [-0.2, -0.15) is 30.7 Å². The van der Waals surface area contributed by atoms with E-state index in [2.05, 4.69) is 4.98 Å². The van der Waals surface area contributed by atoms with Gasteiger partial charge >= 0.3 is 18.0 Å². The van der Waals surface area contributed by atoms with Crippen molar-refractivity contribution in [3.05, 3.63) is 18.2 Å². The van der Waals surface area contributed by atoms with Gasteiger partial charge in [0.15, 0.2) is 0 Å². The van der Waals surface area contributed by atoms with Crippen molar-refractivity contribution in [1.82, 2.24) is 9.97 Å². The fourth-order valence-corrected chi connectivity index (χ4v) is 0.923. The van der Waals surface area contributed by atoms with Crippen molar-refractivity contribution in [1.29, 1.82) is 0 Å². The second-order valence-corrected chi connectivity index (χ2v) is 2.99. The van der Waals surface area contributed by atoms with Gasteiger partial charge < -0.3 is 4.98 Å². The molecule has 1 rings (SSSR count). The molecule has 0 aliphatic heterocycles. The first-order valence-corrected chi connectivity index (χ1v) is 3.88. The average Bonchev–Trinajstić information content (AvgIpc) is 2.53. The van der Waals surface area contributed by atoms with Gasteiger partial charge in [-0.25, -0.2) is 4.98 Å². The highest BCUT2D eigenvalue weighted by molar-refractivity contribution is 4.99. The van der Waals surface area contributed by atoms with E-state index in [9.17, 15) is 30.7 Å². The fraction of sp³-hybridized carbons (Fsp3) is 0.571. The molecular formula is C7H5F7N2. The highest BCUT2D eigenvalue weighted by atomic mass is 19.4. The molecule has 0 aromatic carbocycles. The summed E-state index contributed by atoms with van der Waals surface area (Å²) in [7, 11) is 0. The summed E-state index contributed by atoms with van der Waals surface area (Å²) in [6, 6.07) is 0. The van der Waals surface area contributed by atoms with Crippen LogP contribution in [0.4, 0.5) is 30.7 Å². The topological polar surface area (TPSA) is 28.7 Å². The van der Waals surface area contributed by atoms with E-state index in [0.717, 1.165) is 12.4 Å². The molecule has 16 heavy (non-hydrogen) atoms. The van der Waals surface area contributed by atoms with Crippen LogP contribution in [0.1, 0.15) is 5.82 Å². The molecule has 1 aromatic heterocycles. The van der Waals surface area contributed by atoms with Crippen molar-refractivity contribution in [2.75, 3.05) is 0 Å². The zero-order valence-electron chi connectivity index (χ0n) is 7.45. The van der Waals surface area contributed by atoms with E-state index in [1.165, 1.54) is 0 Å². The average molecular weight is 250 g/mol. The number of nitrogens with zero attached hydrogens (tertiary/aromatic N) is 1. The molecule has 0 spiro atoms. The molecule has 0 aliphatic rings.